The molecule has 0 aliphatic carbocycles. The van der Waals surface area contributed by atoms with Crippen LogP contribution in [0.1, 0.15) is 0 Å². The molecule has 0 spiro atoms. The number of anilines is 3. The molecular weight excluding hydrogens is 234 g/mol. The number of nitrogens with zero attached hydrogens (tertiary/aromatic N) is 1. The molecule has 1 aromatic heterocycles. The monoisotopic (exact) mass is 247 g/mol. The number of para-hydroxylation sites is 2. The number of nitrogens with two attached hydrogens (primary N) is 1. The highest BCUT2D eigenvalue weighted by Crippen LogP contribution is 2.23. The van der Waals surface area contributed by atoms with Crippen LogP contribution in [0.3, 0.4) is 0 Å². The second-order valence-corrected chi connectivity index (χ2v) is 3.48. The highest BCUT2D eigenvalue weighted by Gasteiger charge is 2.09. The Morgan fingerprint density at radius 2 is 2.17 bits per heavy atom. The predicted octanol–water partition coefficient (Wildman–Crippen LogP) is 1.64. The topological polar surface area (TPSA) is 105 Å². The molecule has 0 aliphatic heterocycles. The summed E-state index contributed by atoms with van der Waals surface area (Å²) in [5.41, 5.74) is 6.51. The van der Waals surface area contributed by atoms with E-state index in [1.807, 2.05) is 6.07 Å². The molecule has 18 heavy (non-hydrogen) atoms. The zero-order chi connectivity index (χ0) is 13.0. The molecule has 2 aromatic rings. The first kappa shape index (κ1) is 11.8. The van der Waals surface area contributed by atoms with Gasteiger partial charge in [0.2, 0.25) is 0 Å². The second kappa shape index (κ2) is 5.09. The third-order valence-corrected chi connectivity index (χ3v) is 2.26. The number of aromatic amines is 1. The van der Waals surface area contributed by atoms with E-state index in [2.05, 4.69) is 20.8 Å². The van der Waals surface area contributed by atoms with E-state index in [4.69, 9.17) is 10.5 Å². The van der Waals surface area contributed by atoms with Gasteiger partial charge in [0.15, 0.2) is 5.82 Å². The minimum Gasteiger partial charge on any atom is -0.495 e. The van der Waals surface area contributed by atoms with Gasteiger partial charge in [-0.2, -0.15) is 5.10 Å². The van der Waals surface area contributed by atoms with Gasteiger partial charge in [0.05, 0.1) is 24.7 Å². The Labute approximate surface area is 103 Å². The summed E-state index contributed by atoms with van der Waals surface area (Å²) in [6, 6.07) is 6.65. The maximum absolute atomic E-state index is 11.7. The quantitative estimate of drug-likeness (QED) is 0.661. The Bertz CT molecular complexity index is 552. The molecular formula is C11H13N5O2. The lowest BCUT2D eigenvalue weighted by Gasteiger charge is -2.10. The van der Waals surface area contributed by atoms with E-state index in [0.717, 1.165) is 0 Å². The van der Waals surface area contributed by atoms with Crippen molar-refractivity contribution in [3.05, 3.63) is 30.5 Å². The summed E-state index contributed by atoms with van der Waals surface area (Å²) in [5, 5.41) is 11.5. The maximum Gasteiger partial charge on any atom is 0.325 e. The van der Waals surface area contributed by atoms with Crippen molar-refractivity contribution >= 4 is 23.2 Å². The molecule has 2 amide bonds. The lowest BCUT2D eigenvalue weighted by atomic mass is 10.3. The number of aromatic nitrogens is 2. The molecule has 0 atom stereocenters. The molecule has 0 radical (unpaired) electrons. The number of benzene rings is 1. The molecule has 0 bridgehead atoms. The zero-order valence-electron chi connectivity index (χ0n) is 9.73. The van der Waals surface area contributed by atoms with E-state index >= 15 is 0 Å². The standard InChI is InChI=1S/C11H13N5O2/c1-18-9-5-3-2-4-8(9)14-11(17)15-10-7(12)6-13-16-10/h2-6H,12H2,1H3,(H3,13,14,15,16,17). The van der Waals surface area contributed by atoms with Gasteiger partial charge in [0.1, 0.15) is 5.75 Å². The molecule has 5 N–H and O–H groups in total. The van der Waals surface area contributed by atoms with E-state index in [0.29, 0.717) is 22.9 Å². The van der Waals surface area contributed by atoms with Gasteiger partial charge < -0.3 is 15.8 Å². The van der Waals surface area contributed by atoms with Crippen molar-refractivity contribution in [1.29, 1.82) is 0 Å². The van der Waals surface area contributed by atoms with E-state index in [-0.39, 0.29) is 0 Å². The largest absolute Gasteiger partial charge is 0.495 e. The molecule has 0 saturated heterocycles. The Hall–Kier alpha value is -2.70. The van der Waals surface area contributed by atoms with Crippen LogP contribution < -0.4 is 21.1 Å². The fourth-order valence-corrected chi connectivity index (χ4v) is 1.41. The molecule has 0 unspecified atom stereocenters. The maximum atomic E-state index is 11.7. The minimum atomic E-state index is -0.435. The number of nitrogen functional groups attached to an aromatic ring is 1. The third-order valence-electron chi connectivity index (χ3n) is 2.26. The van der Waals surface area contributed by atoms with Gasteiger partial charge in [0, 0.05) is 0 Å². The third kappa shape index (κ3) is 2.51. The number of ether oxygens (including phenoxy) is 1. The molecule has 1 aromatic carbocycles. The molecule has 0 aliphatic rings. The summed E-state index contributed by atoms with van der Waals surface area (Å²) in [6.07, 6.45) is 1.42. The number of methoxy groups -OCH3 is 1. The number of H-pyrrole nitrogens is 1. The Kier molecular flexibility index (Phi) is 3.33. The summed E-state index contributed by atoms with van der Waals surface area (Å²) in [6.45, 7) is 0. The van der Waals surface area contributed by atoms with Crippen LogP contribution in [0.25, 0.3) is 0 Å². The first-order valence-electron chi connectivity index (χ1n) is 5.20. The van der Waals surface area contributed by atoms with Crippen molar-refractivity contribution in [2.45, 2.75) is 0 Å². The zero-order valence-corrected chi connectivity index (χ0v) is 9.73. The molecule has 1 heterocycles. The van der Waals surface area contributed by atoms with Gasteiger partial charge >= 0.3 is 6.03 Å². The summed E-state index contributed by atoms with van der Waals surface area (Å²) < 4.78 is 5.12. The van der Waals surface area contributed by atoms with Crippen LogP contribution in [0.2, 0.25) is 0 Å². The van der Waals surface area contributed by atoms with Crippen LogP contribution in [0.15, 0.2) is 30.5 Å². The number of carbonyl (C=O) groups is 1. The fraction of sp³-hybridized carbons (Fsp3) is 0.0909. The first-order chi connectivity index (χ1) is 8.70. The van der Waals surface area contributed by atoms with E-state index in [1.54, 1.807) is 18.2 Å². The molecule has 7 nitrogen and oxygen atoms in total. The number of nitrogens with one attached hydrogen (secondary N) is 3. The number of urea groups is 1. The average Bonchev–Trinajstić information content (AvgIpc) is 2.75. The Morgan fingerprint density at radius 3 is 2.83 bits per heavy atom. The molecule has 0 saturated carbocycles. The van der Waals surface area contributed by atoms with Gasteiger partial charge in [-0.3, -0.25) is 10.4 Å². The molecule has 7 heteroatoms. The molecule has 94 valence electrons. The summed E-state index contributed by atoms with van der Waals surface area (Å²) >= 11 is 0. The molecule has 0 fully saturated rings. The van der Waals surface area contributed by atoms with Gasteiger partial charge in [-0.15, -0.1) is 0 Å². The number of carbonyl (C=O) groups excluding carboxylic acids is 1. The van der Waals surface area contributed by atoms with E-state index in [9.17, 15) is 4.79 Å². The first-order valence-corrected chi connectivity index (χ1v) is 5.20. The summed E-state index contributed by atoms with van der Waals surface area (Å²) in [4.78, 5) is 11.7. The van der Waals surface area contributed by atoms with Crippen LogP contribution in [0.4, 0.5) is 22.0 Å². The number of hydrogen-bond acceptors (Lipinski definition) is 4. The van der Waals surface area contributed by atoms with Crippen molar-refractivity contribution in [2.24, 2.45) is 0 Å². The lowest BCUT2D eigenvalue weighted by Crippen LogP contribution is -2.20. The van der Waals surface area contributed by atoms with Gasteiger partial charge in [0.25, 0.3) is 0 Å². The van der Waals surface area contributed by atoms with E-state index < -0.39 is 6.03 Å². The minimum absolute atomic E-state index is 0.349. The van der Waals surface area contributed by atoms with Crippen molar-refractivity contribution in [2.75, 3.05) is 23.5 Å². The summed E-state index contributed by atoms with van der Waals surface area (Å²) in [7, 11) is 1.53. The molecule has 2 rings (SSSR count). The fourth-order valence-electron chi connectivity index (χ4n) is 1.41. The van der Waals surface area contributed by atoms with Crippen LogP contribution in [0, 0.1) is 0 Å². The number of rotatable bonds is 3. The number of hydrogen-bond donors (Lipinski definition) is 4. The number of amides is 2. The highest BCUT2D eigenvalue weighted by molar-refractivity contribution is 6.01. The van der Waals surface area contributed by atoms with Gasteiger partial charge in [-0.25, -0.2) is 4.79 Å². The SMILES string of the molecule is COc1ccccc1NC(=O)Nc1[nH]ncc1N. The van der Waals surface area contributed by atoms with Gasteiger partial charge in [-0.1, -0.05) is 12.1 Å². The average molecular weight is 247 g/mol. The highest BCUT2D eigenvalue weighted by atomic mass is 16.5. The predicted molar refractivity (Wildman–Crippen MR) is 68.6 cm³/mol. The smallest absolute Gasteiger partial charge is 0.325 e. The van der Waals surface area contributed by atoms with Crippen LogP contribution in [-0.2, 0) is 0 Å². The Balaban J connectivity index is 2.05. The van der Waals surface area contributed by atoms with E-state index in [1.165, 1.54) is 13.3 Å². The van der Waals surface area contributed by atoms with Crippen molar-refractivity contribution in [1.82, 2.24) is 10.2 Å². The van der Waals surface area contributed by atoms with Crippen LogP contribution in [0.5, 0.6) is 5.75 Å². The van der Waals surface area contributed by atoms with Crippen LogP contribution >= 0.6 is 0 Å². The summed E-state index contributed by atoms with van der Waals surface area (Å²) in [5.74, 6) is 0.924. The van der Waals surface area contributed by atoms with Crippen LogP contribution in [-0.4, -0.2) is 23.3 Å². The van der Waals surface area contributed by atoms with Crippen molar-refractivity contribution in [3.63, 3.8) is 0 Å². The van der Waals surface area contributed by atoms with Crippen molar-refractivity contribution < 1.29 is 9.53 Å². The normalized spacial score (nSPS) is 9.83. The Morgan fingerprint density at radius 1 is 1.39 bits per heavy atom. The lowest BCUT2D eigenvalue weighted by molar-refractivity contribution is 0.262. The van der Waals surface area contributed by atoms with Gasteiger partial charge in [-0.05, 0) is 12.1 Å². The van der Waals surface area contributed by atoms with Crippen molar-refractivity contribution in [3.8, 4) is 5.75 Å². The second-order valence-electron chi connectivity index (χ2n) is 3.48.